The molecule has 0 radical (unpaired) electrons. The van der Waals surface area contributed by atoms with Crippen molar-refractivity contribution in [1.82, 2.24) is 0 Å². The highest BCUT2D eigenvalue weighted by Crippen LogP contribution is 2.39. The summed E-state index contributed by atoms with van der Waals surface area (Å²) in [6, 6.07) is 0. The van der Waals surface area contributed by atoms with Gasteiger partial charge < -0.3 is 0 Å². The Morgan fingerprint density at radius 1 is 1.18 bits per heavy atom. The zero-order chi connectivity index (χ0) is 9.12. The molecular weight excluding hydrogens is 254 g/mol. The summed E-state index contributed by atoms with van der Waals surface area (Å²) in [5.74, 6) is 0. The lowest BCUT2D eigenvalue weighted by Crippen LogP contribution is -2.23. The SMILES string of the molecule is CCC(C)(C)CC(F)(I)CC. The lowest BCUT2D eigenvalue weighted by Gasteiger charge is -2.29. The Morgan fingerprint density at radius 3 is 1.91 bits per heavy atom. The lowest BCUT2D eigenvalue weighted by atomic mass is 9.84. The van der Waals surface area contributed by atoms with Crippen molar-refractivity contribution in [3.05, 3.63) is 0 Å². The van der Waals surface area contributed by atoms with E-state index in [1.54, 1.807) is 0 Å². The fourth-order valence-electron chi connectivity index (χ4n) is 0.950. The van der Waals surface area contributed by atoms with E-state index in [0.29, 0.717) is 12.8 Å². The number of hydrogen-bond acceptors (Lipinski definition) is 0. The van der Waals surface area contributed by atoms with Crippen molar-refractivity contribution < 1.29 is 4.39 Å². The molecule has 0 fully saturated rings. The van der Waals surface area contributed by atoms with Gasteiger partial charge in [-0.05, 0) is 40.8 Å². The summed E-state index contributed by atoms with van der Waals surface area (Å²) in [5, 5.41) is 0. The molecule has 1 unspecified atom stereocenters. The van der Waals surface area contributed by atoms with Crippen LogP contribution in [0.25, 0.3) is 0 Å². The molecule has 0 aliphatic heterocycles. The fourth-order valence-corrected chi connectivity index (χ4v) is 1.98. The molecule has 68 valence electrons. The highest BCUT2D eigenvalue weighted by atomic mass is 127. The maximum Gasteiger partial charge on any atom is 0.161 e. The molecule has 2 heteroatoms. The quantitative estimate of drug-likeness (QED) is 0.528. The molecule has 0 aliphatic rings. The Kier molecular flexibility index (Phi) is 4.30. The first-order valence-electron chi connectivity index (χ1n) is 4.21. The lowest BCUT2D eigenvalue weighted by molar-refractivity contribution is 0.184. The highest BCUT2D eigenvalue weighted by Gasteiger charge is 2.31. The Morgan fingerprint density at radius 2 is 1.64 bits per heavy atom. The van der Waals surface area contributed by atoms with Crippen LogP contribution < -0.4 is 0 Å². The van der Waals surface area contributed by atoms with Crippen molar-refractivity contribution in [2.45, 2.75) is 50.6 Å². The summed E-state index contributed by atoms with van der Waals surface area (Å²) in [6.07, 6.45) is 2.31. The first-order chi connectivity index (χ1) is 4.83. The van der Waals surface area contributed by atoms with E-state index in [0.717, 1.165) is 6.42 Å². The molecule has 0 bridgehead atoms. The number of halogens is 2. The number of hydrogen-bond donors (Lipinski definition) is 0. The normalized spacial score (nSPS) is 18.0. The fraction of sp³-hybridized carbons (Fsp3) is 1.00. The van der Waals surface area contributed by atoms with Crippen LogP contribution in [0.5, 0.6) is 0 Å². The van der Waals surface area contributed by atoms with Gasteiger partial charge in [-0.15, -0.1) is 0 Å². The van der Waals surface area contributed by atoms with Gasteiger partial charge in [0.2, 0.25) is 0 Å². The third-order valence-corrected chi connectivity index (χ3v) is 3.36. The van der Waals surface area contributed by atoms with Crippen molar-refractivity contribution in [1.29, 1.82) is 0 Å². The molecule has 0 N–H and O–H groups in total. The molecule has 0 aliphatic carbocycles. The molecule has 0 aromatic carbocycles. The molecular formula is C9H18FI. The second kappa shape index (κ2) is 4.06. The first-order valence-corrected chi connectivity index (χ1v) is 5.29. The smallest absolute Gasteiger partial charge is 0.161 e. The topological polar surface area (TPSA) is 0 Å². The Bertz CT molecular complexity index is 105. The van der Waals surface area contributed by atoms with Gasteiger partial charge in [-0.2, -0.15) is 0 Å². The summed E-state index contributed by atoms with van der Waals surface area (Å²) in [6.45, 7) is 8.26. The van der Waals surface area contributed by atoms with E-state index in [-0.39, 0.29) is 5.41 Å². The second-order valence-electron chi connectivity index (χ2n) is 3.90. The van der Waals surface area contributed by atoms with Gasteiger partial charge >= 0.3 is 0 Å². The summed E-state index contributed by atoms with van der Waals surface area (Å²) in [5.41, 5.74) is 0.145. The van der Waals surface area contributed by atoms with E-state index in [4.69, 9.17) is 0 Å². The average molecular weight is 272 g/mol. The molecule has 1 atom stereocenters. The third-order valence-electron chi connectivity index (χ3n) is 2.21. The minimum Gasteiger partial charge on any atom is -0.232 e. The second-order valence-corrected chi connectivity index (χ2v) is 5.84. The van der Waals surface area contributed by atoms with Crippen LogP contribution in [0.3, 0.4) is 0 Å². The predicted octanol–water partition coefficient (Wildman–Crippen LogP) is 4.32. The van der Waals surface area contributed by atoms with Crippen LogP contribution in [0.1, 0.15) is 47.0 Å². The minimum absolute atomic E-state index is 0.145. The van der Waals surface area contributed by atoms with Gasteiger partial charge in [0, 0.05) is 0 Å². The molecule has 0 amide bonds. The van der Waals surface area contributed by atoms with Crippen molar-refractivity contribution in [3.63, 3.8) is 0 Å². The van der Waals surface area contributed by atoms with E-state index in [1.807, 2.05) is 29.5 Å². The van der Waals surface area contributed by atoms with Gasteiger partial charge in [0.25, 0.3) is 0 Å². The summed E-state index contributed by atoms with van der Waals surface area (Å²) in [7, 11) is 0. The molecule has 0 aromatic heterocycles. The summed E-state index contributed by atoms with van der Waals surface area (Å²) < 4.78 is 12.5. The average Bonchev–Trinajstić information content (AvgIpc) is 1.86. The third kappa shape index (κ3) is 4.99. The van der Waals surface area contributed by atoms with Crippen molar-refractivity contribution >= 4 is 22.6 Å². The van der Waals surface area contributed by atoms with Gasteiger partial charge in [-0.3, -0.25) is 0 Å². The van der Waals surface area contributed by atoms with Crippen LogP contribution in [0.4, 0.5) is 4.39 Å². The predicted molar refractivity (Wildman–Crippen MR) is 56.8 cm³/mol. The molecule has 11 heavy (non-hydrogen) atoms. The highest BCUT2D eigenvalue weighted by molar-refractivity contribution is 14.1. The molecule has 0 spiro atoms. The first kappa shape index (κ1) is 11.7. The van der Waals surface area contributed by atoms with Gasteiger partial charge in [0.1, 0.15) is 0 Å². The zero-order valence-electron chi connectivity index (χ0n) is 7.88. The van der Waals surface area contributed by atoms with Crippen LogP contribution >= 0.6 is 22.6 Å². The molecule has 0 saturated heterocycles. The Hall–Kier alpha value is 0.660. The van der Waals surface area contributed by atoms with Crippen LogP contribution in [-0.2, 0) is 0 Å². The van der Waals surface area contributed by atoms with Gasteiger partial charge in [-0.1, -0.05) is 34.1 Å². The van der Waals surface area contributed by atoms with E-state index in [2.05, 4.69) is 20.8 Å². The van der Waals surface area contributed by atoms with Gasteiger partial charge in [0.05, 0.1) is 0 Å². The van der Waals surface area contributed by atoms with E-state index >= 15 is 0 Å². The molecule has 0 aromatic rings. The monoisotopic (exact) mass is 272 g/mol. The van der Waals surface area contributed by atoms with Crippen LogP contribution in [0.2, 0.25) is 0 Å². The van der Waals surface area contributed by atoms with Crippen LogP contribution in [0.15, 0.2) is 0 Å². The van der Waals surface area contributed by atoms with E-state index < -0.39 is 3.68 Å². The van der Waals surface area contributed by atoms with Crippen molar-refractivity contribution in [3.8, 4) is 0 Å². The Balaban J connectivity index is 4.02. The Labute approximate surface area is 83.1 Å². The summed E-state index contributed by atoms with van der Waals surface area (Å²) in [4.78, 5) is 0. The minimum atomic E-state index is -1.00. The van der Waals surface area contributed by atoms with Crippen LogP contribution in [0, 0.1) is 5.41 Å². The van der Waals surface area contributed by atoms with Gasteiger partial charge in [-0.25, -0.2) is 4.39 Å². The maximum atomic E-state index is 13.5. The van der Waals surface area contributed by atoms with Gasteiger partial charge in [0.15, 0.2) is 3.68 Å². The standard InChI is InChI=1S/C9H18FI/c1-5-8(3,4)7-9(10,11)6-2/h5-7H2,1-4H3. The van der Waals surface area contributed by atoms with Crippen molar-refractivity contribution in [2.75, 3.05) is 0 Å². The van der Waals surface area contributed by atoms with E-state index in [9.17, 15) is 4.39 Å². The molecule has 0 saturated carbocycles. The molecule has 0 nitrogen and oxygen atoms in total. The number of rotatable bonds is 4. The summed E-state index contributed by atoms with van der Waals surface area (Å²) >= 11 is 1.92. The van der Waals surface area contributed by atoms with Crippen LogP contribution in [-0.4, -0.2) is 3.68 Å². The van der Waals surface area contributed by atoms with Crippen molar-refractivity contribution in [2.24, 2.45) is 5.41 Å². The maximum absolute atomic E-state index is 13.5. The molecule has 0 rings (SSSR count). The zero-order valence-corrected chi connectivity index (χ0v) is 10.0. The largest absolute Gasteiger partial charge is 0.232 e. The molecule has 0 heterocycles. The number of alkyl halides is 2. The van der Waals surface area contributed by atoms with E-state index in [1.165, 1.54) is 0 Å².